The molecule has 0 saturated carbocycles. The van der Waals surface area contributed by atoms with Crippen LogP contribution in [0.2, 0.25) is 1.41 Å². The van der Waals surface area contributed by atoms with Crippen LogP contribution in [0.25, 0.3) is 16.7 Å². The molecular weight excluding hydrogens is 348 g/mol. The van der Waals surface area contributed by atoms with Crippen LogP contribution in [0.15, 0.2) is 60.1 Å². The number of imidazole rings is 1. The summed E-state index contributed by atoms with van der Waals surface area (Å²) >= 11 is 0. The highest BCUT2D eigenvalue weighted by Gasteiger charge is 2.15. The molecule has 0 aliphatic heterocycles. The number of rotatable bonds is 5. The van der Waals surface area contributed by atoms with E-state index in [9.17, 15) is 4.21 Å². The number of hydrogen-bond donors (Lipinski definition) is 1. The fraction of sp³-hybridized carbons (Fsp3) is 0.158. The molecule has 4 rings (SSSR count). The fourth-order valence-corrected chi connectivity index (χ4v) is 3.64. The van der Waals surface area contributed by atoms with E-state index in [0.717, 1.165) is 10.5 Å². The first kappa shape index (κ1) is 12.4. The maximum absolute atomic E-state index is 13.0. The van der Waals surface area contributed by atoms with E-state index >= 15 is 0 Å². The minimum atomic E-state index is -1.75. The SMILES string of the molecule is [2H]c1c(-n2cccc2)c([2H])c2nc(S(=O)Cc3nccc(OC)c3C)n([2H])c2c1[2H]. The summed E-state index contributed by atoms with van der Waals surface area (Å²) in [5.74, 6) is 0.623. The second-order valence-corrected chi connectivity index (χ2v) is 6.94. The zero-order valence-corrected chi connectivity index (χ0v) is 15.0. The Morgan fingerprint density at radius 1 is 1.38 bits per heavy atom. The highest BCUT2D eigenvalue weighted by Crippen LogP contribution is 2.22. The average molecular weight is 370 g/mol. The van der Waals surface area contributed by atoms with E-state index in [2.05, 4.69) is 9.97 Å². The zero-order chi connectivity index (χ0) is 21.6. The molecule has 0 saturated heterocycles. The molecule has 1 N–H and O–H groups in total. The lowest BCUT2D eigenvalue weighted by Crippen LogP contribution is -2.03. The number of nitrogens with zero attached hydrogens (tertiary/aromatic N) is 3. The van der Waals surface area contributed by atoms with E-state index in [1.165, 1.54) is 0 Å². The molecule has 0 aliphatic rings. The van der Waals surface area contributed by atoms with Crippen molar-refractivity contribution in [3.8, 4) is 11.4 Å². The molecule has 0 amide bonds. The Bertz CT molecular complexity index is 1290. The zero-order valence-electron chi connectivity index (χ0n) is 18.2. The summed E-state index contributed by atoms with van der Waals surface area (Å²) in [5.41, 5.74) is 1.53. The Balaban J connectivity index is 1.83. The van der Waals surface area contributed by atoms with Crippen molar-refractivity contribution in [2.24, 2.45) is 0 Å². The van der Waals surface area contributed by atoms with Gasteiger partial charge >= 0.3 is 0 Å². The quantitative estimate of drug-likeness (QED) is 0.585. The molecule has 0 radical (unpaired) electrons. The van der Waals surface area contributed by atoms with Crippen molar-refractivity contribution in [1.82, 2.24) is 19.5 Å². The summed E-state index contributed by atoms with van der Waals surface area (Å²) in [7, 11) is -0.214. The van der Waals surface area contributed by atoms with Crippen LogP contribution >= 0.6 is 0 Å². The molecule has 0 spiro atoms. The molecule has 7 heteroatoms. The number of hydrogen-bond acceptors (Lipinski definition) is 4. The van der Waals surface area contributed by atoms with Crippen LogP contribution in [0, 0.1) is 6.92 Å². The van der Waals surface area contributed by atoms with Gasteiger partial charge in [-0.2, -0.15) is 0 Å². The van der Waals surface area contributed by atoms with Gasteiger partial charge < -0.3 is 14.3 Å². The minimum Gasteiger partial charge on any atom is -0.496 e. The van der Waals surface area contributed by atoms with E-state index in [0.29, 0.717) is 11.4 Å². The first-order chi connectivity index (χ1) is 14.3. The maximum atomic E-state index is 13.0. The topological polar surface area (TPSA) is 72.8 Å². The van der Waals surface area contributed by atoms with Crippen LogP contribution in [0.3, 0.4) is 0 Å². The lowest BCUT2D eigenvalue weighted by molar-refractivity contribution is 0.410. The normalized spacial score (nSPS) is 14.5. The number of benzene rings is 1. The second-order valence-electron chi connectivity index (χ2n) is 5.59. The van der Waals surface area contributed by atoms with Crippen molar-refractivity contribution in [3.63, 3.8) is 0 Å². The fourth-order valence-electron chi connectivity index (χ4n) is 2.59. The number of aromatic nitrogens is 4. The van der Waals surface area contributed by atoms with Crippen LogP contribution in [-0.4, -0.2) is 30.8 Å². The van der Waals surface area contributed by atoms with Gasteiger partial charge in [0, 0.05) is 29.8 Å². The molecule has 1 unspecified atom stereocenters. The van der Waals surface area contributed by atoms with Crippen molar-refractivity contribution >= 4 is 21.8 Å². The predicted octanol–water partition coefficient (Wildman–Crippen LogP) is 3.37. The summed E-state index contributed by atoms with van der Waals surface area (Å²) in [6.45, 7) is 1.81. The number of fused-ring (bicyclic) bond motifs is 1. The van der Waals surface area contributed by atoms with Crippen molar-refractivity contribution in [1.29, 1.82) is 0 Å². The molecule has 132 valence electrons. The third-order valence-corrected chi connectivity index (χ3v) is 5.11. The van der Waals surface area contributed by atoms with E-state index in [4.69, 9.17) is 10.3 Å². The van der Waals surface area contributed by atoms with E-state index < -0.39 is 10.8 Å². The van der Waals surface area contributed by atoms with Gasteiger partial charge in [0.05, 0.1) is 44.5 Å². The molecule has 6 nitrogen and oxygen atoms in total. The first-order valence-electron chi connectivity index (χ1n) is 9.81. The van der Waals surface area contributed by atoms with Gasteiger partial charge in [-0.15, -0.1) is 0 Å². The monoisotopic (exact) mass is 370 g/mol. The molecule has 0 bridgehead atoms. The van der Waals surface area contributed by atoms with Crippen LogP contribution in [-0.2, 0) is 16.6 Å². The Morgan fingerprint density at radius 3 is 2.96 bits per heavy atom. The van der Waals surface area contributed by atoms with Crippen LogP contribution in [0.5, 0.6) is 5.75 Å². The third kappa shape index (κ3) is 3.01. The van der Waals surface area contributed by atoms with E-state index in [1.807, 2.05) is 6.92 Å². The molecule has 0 aliphatic carbocycles. The van der Waals surface area contributed by atoms with Crippen molar-refractivity contribution in [2.75, 3.05) is 7.11 Å². The predicted molar refractivity (Wildman–Crippen MR) is 101 cm³/mol. The van der Waals surface area contributed by atoms with E-state index in [1.54, 1.807) is 48.5 Å². The Morgan fingerprint density at radius 2 is 2.19 bits per heavy atom. The first-order valence-corrected chi connectivity index (χ1v) is 9.18. The van der Waals surface area contributed by atoms with Gasteiger partial charge in [0.25, 0.3) is 0 Å². The lowest BCUT2D eigenvalue weighted by Gasteiger charge is -2.08. The molecule has 3 aromatic heterocycles. The van der Waals surface area contributed by atoms with Gasteiger partial charge in [-0.1, -0.05) is 0 Å². The summed E-state index contributed by atoms with van der Waals surface area (Å²) < 4.78 is 53.4. The van der Waals surface area contributed by atoms with Gasteiger partial charge in [0.1, 0.15) is 5.75 Å². The summed E-state index contributed by atoms with van der Waals surface area (Å²) in [4.78, 5) is 9.31. The van der Waals surface area contributed by atoms with E-state index in [-0.39, 0.29) is 45.8 Å². The van der Waals surface area contributed by atoms with Crippen molar-refractivity contribution < 1.29 is 14.5 Å². The lowest BCUT2D eigenvalue weighted by atomic mass is 10.2. The van der Waals surface area contributed by atoms with Crippen molar-refractivity contribution in [2.45, 2.75) is 17.8 Å². The van der Waals surface area contributed by atoms with Gasteiger partial charge in [0.2, 0.25) is 0 Å². The second kappa shape index (κ2) is 6.76. The van der Waals surface area contributed by atoms with Crippen molar-refractivity contribution in [3.05, 3.63) is 66.2 Å². The van der Waals surface area contributed by atoms with Crippen LogP contribution in [0.4, 0.5) is 0 Å². The maximum Gasteiger partial charge on any atom is 0.197 e. The largest absolute Gasteiger partial charge is 0.496 e. The van der Waals surface area contributed by atoms with Gasteiger partial charge in [0.15, 0.2) is 6.57 Å². The molecule has 1 aromatic carbocycles. The molecule has 26 heavy (non-hydrogen) atoms. The standard InChI is InChI=1S/C19H18N4O2S/c1-13-17(20-8-7-18(13)25-2)12-26(24)19-21-15-6-5-14(11-16(15)22-19)23-9-3-4-10-23/h3-11H,12H2,1-2H3,(H,21,22)/i5D,6D,11D/hD. The molecule has 3 heterocycles. The minimum absolute atomic E-state index is 0.00406. The summed E-state index contributed by atoms with van der Waals surface area (Å²) in [5, 5.41) is -0.0972. The van der Waals surface area contributed by atoms with Crippen LogP contribution < -0.4 is 4.74 Å². The number of ether oxygens (including phenoxy) is 1. The van der Waals surface area contributed by atoms with Crippen LogP contribution in [0.1, 0.15) is 15.4 Å². The molecule has 4 aromatic rings. The highest BCUT2D eigenvalue weighted by molar-refractivity contribution is 7.84. The number of H-pyrrole nitrogens is 1. The third-order valence-electron chi connectivity index (χ3n) is 3.99. The molecule has 1 atom stereocenters. The summed E-state index contributed by atoms with van der Waals surface area (Å²) in [6.07, 6.45) is 4.90. The highest BCUT2D eigenvalue weighted by atomic mass is 32.2. The number of methoxy groups -OCH3 is 1. The number of nitrogens with one attached hydrogen (secondary N) is 1. The number of aromatic amines is 1. The average Bonchev–Trinajstić information content (AvgIpc) is 3.36. The smallest absolute Gasteiger partial charge is 0.197 e. The number of pyridine rings is 1. The molecule has 0 fully saturated rings. The molecular formula is C19H18N4O2S. The summed E-state index contributed by atoms with van der Waals surface area (Å²) in [6, 6.07) is 4.67. The Hall–Kier alpha value is -2.93. The Kier molecular flexibility index (Phi) is 3.23. The Labute approximate surface area is 159 Å². The van der Waals surface area contributed by atoms with Gasteiger partial charge in [-0.3, -0.25) is 9.19 Å². The van der Waals surface area contributed by atoms with Gasteiger partial charge in [-0.05, 0) is 43.3 Å². The van der Waals surface area contributed by atoms with Gasteiger partial charge in [-0.25, -0.2) is 4.98 Å².